The van der Waals surface area contributed by atoms with Crippen molar-refractivity contribution >= 4 is 22.9 Å². The van der Waals surface area contributed by atoms with Gasteiger partial charge in [-0.05, 0) is 37.9 Å². The van der Waals surface area contributed by atoms with Crippen molar-refractivity contribution in [1.29, 1.82) is 0 Å². The van der Waals surface area contributed by atoms with Gasteiger partial charge in [0.1, 0.15) is 0 Å². The zero-order valence-electron chi connectivity index (χ0n) is 12.1. The van der Waals surface area contributed by atoms with Gasteiger partial charge in [0.2, 0.25) is 0 Å². The summed E-state index contributed by atoms with van der Waals surface area (Å²) in [6.07, 6.45) is 5.60. The maximum absolute atomic E-state index is 9.74. The molecule has 3 N–H and O–H groups in total. The minimum absolute atomic E-state index is 0.0804. The number of hydrogen-bond acceptors (Lipinski definition) is 4. The van der Waals surface area contributed by atoms with Crippen molar-refractivity contribution in [2.45, 2.75) is 57.2 Å². The molecule has 1 aliphatic heterocycles. The summed E-state index contributed by atoms with van der Waals surface area (Å²) in [5, 5.41) is 9.74. The van der Waals surface area contributed by atoms with Crippen molar-refractivity contribution in [2.75, 3.05) is 13.2 Å². The van der Waals surface area contributed by atoms with Crippen LogP contribution in [-0.2, 0) is 0 Å². The average molecular weight is 317 g/mol. The van der Waals surface area contributed by atoms with Gasteiger partial charge in [-0.25, -0.2) is 0 Å². The number of nitrogens with two attached hydrogens (primary N) is 1. The summed E-state index contributed by atoms with van der Waals surface area (Å²) in [5.41, 5.74) is 6.40. The molecule has 5 heteroatoms. The SMILES string of the molecule is CCC(N)C(c1ccc(Cl)s1)N1CCCCCC1CO. The standard InChI is InChI=1S/C15H25ClN2OS/c1-2-12(17)15(13-7-8-14(16)20-13)18-9-5-3-4-6-11(18)10-19/h7-8,11-12,15,19H,2-6,9-10,17H2,1H3. The van der Waals surface area contributed by atoms with E-state index >= 15 is 0 Å². The van der Waals surface area contributed by atoms with Gasteiger partial charge in [0, 0.05) is 17.0 Å². The van der Waals surface area contributed by atoms with Crippen LogP contribution in [0.5, 0.6) is 0 Å². The van der Waals surface area contributed by atoms with E-state index in [0.29, 0.717) is 0 Å². The first-order chi connectivity index (χ1) is 9.67. The number of rotatable bonds is 5. The Kier molecular flexibility index (Phi) is 6.30. The largest absolute Gasteiger partial charge is 0.395 e. The van der Waals surface area contributed by atoms with Gasteiger partial charge in [-0.2, -0.15) is 0 Å². The lowest BCUT2D eigenvalue weighted by Gasteiger charge is -2.38. The Morgan fingerprint density at radius 2 is 2.25 bits per heavy atom. The van der Waals surface area contributed by atoms with Crippen LogP contribution in [0.4, 0.5) is 0 Å². The molecule has 0 spiro atoms. The molecule has 1 aromatic heterocycles. The number of aliphatic hydroxyl groups excluding tert-OH is 1. The lowest BCUT2D eigenvalue weighted by atomic mass is 10.00. The second kappa shape index (κ2) is 7.76. The molecular weight excluding hydrogens is 292 g/mol. The first kappa shape index (κ1) is 16.2. The van der Waals surface area contributed by atoms with Gasteiger partial charge in [-0.15, -0.1) is 11.3 Å². The van der Waals surface area contributed by atoms with Gasteiger partial charge in [0.05, 0.1) is 17.0 Å². The zero-order chi connectivity index (χ0) is 14.5. The molecule has 2 rings (SSSR count). The maximum Gasteiger partial charge on any atom is 0.0931 e. The Labute approximate surface area is 130 Å². The topological polar surface area (TPSA) is 49.5 Å². The van der Waals surface area contributed by atoms with E-state index in [1.807, 2.05) is 6.07 Å². The third kappa shape index (κ3) is 3.74. The van der Waals surface area contributed by atoms with Crippen molar-refractivity contribution in [3.05, 3.63) is 21.3 Å². The van der Waals surface area contributed by atoms with Crippen LogP contribution in [0, 0.1) is 0 Å². The molecule has 114 valence electrons. The molecule has 3 nitrogen and oxygen atoms in total. The molecule has 2 heterocycles. The van der Waals surface area contributed by atoms with E-state index in [1.165, 1.54) is 24.1 Å². The van der Waals surface area contributed by atoms with Crippen LogP contribution in [0.2, 0.25) is 4.34 Å². The van der Waals surface area contributed by atoms with Crippen molar-refractivity contribution < 1.29 is 5.11 Å². The Bertz CT molecular complexity index is 412. The van der Waals surface area contributed by atoms with Crippen molar-refractivity contribution in [2.24, 2.45) is 5.73 Å². The van der Waals surface area contributed by atoms with Gasteiger partial charge < -0.3 is 10.8 Å². The summed E-state index contributed by atoms with van der Waals surface area (Å²) < 4.78 is 0.809. The first-order valence-corrected chi connectivity index (χ1v) is 8.74. The minimum atomic E-state index is 0.0804. The third-order valence-corrected chi connectivity index (χ3v) is 5.55. The summed E-state index contributed by atoms with van der Waals surface area (Å²) in [6, 6.07) is 4.51. The van der Waals surface area contributed by atoms with Crippen LogP contribution in [0.1, 0.15) is 49.9 Å². The quantitative estimate of drug-likeness (QED) is 0.875. The van der Waals surface area contributed by atoms with E-state index in [2.05, 4.69) is 17.9 Å². The lowest BCUT2D eigenvalue weighted by molar-refractivity contribution is 0.0729. The number of aliphatic hydroxyl groups is 1. The predicted molar refractivity (Wildman–Crippen MR) is 86.4 cm³/mol. The van der Waals surface area contributed by atoms with Gasteiger partial charge in [0.25, 0.3) is 0 Å². The summed E-state index contributed by atoms with van der Waals surface area (Å²) in [7, 11) is 0. The molecule has 3 unspecified atom stereocenters. The van der Waals surface area contributed by atoms with E-state index < -0.39 is 0 Å². The highest BCUT2D eigenvalue weighted by Crippen LogP contribution is 2.36. The molecule has 1 aliphatic rings. The van der Waals surface area contributed by atoms with Crippen LogP contribution in [0.15, 0.2) is 12.1 Å². The van der Waals surface area contributed by atoms with E-state index in [-0.39, 0.29) is 24.7 Å². The van der Waals surface area contributed by atoms with Gasteiger partial charge >= 0.3 is 0 Å². The fourth-order valence-electron chi connectivity index (χ4n) is 3.09. The second-order valence-electron chi connectivity index (χ2n) is 5.58. The number of likely N-dealkylation sites (tertiary alicyclic amines) is 1. The third-order valence-electron chi connectivity index (χ3n) is 4.25. The summed E-state index contributed by atoms with van der Waals surface area (Å²) in [6.45, 7) is 3.35. The average Bonchev–Trinajstić information content (AvgIpc) is 2.74. The molecule has 3 atom stereocenters. The molecule has 0 aliphatic carbocycles. The fourth-order valence-corrected chi connectivity index (χ4v) is 4.35. The Balaban J connectivity index is 2.28. The normalized spacial score (nSPS) is 24.3. The van der Waals surface area contributed by atoms with Crippen LogP contribution in [0.25, 0.3) is 0 Å². The Morgan fingerprint density at radius 1 is 1.45 bits per heavy atom. The molecule has 0 bridgehead atoms. The van der Waals surface area contributed by atoms with Gasteiger partial charge in [-0.1, -0.05) is 31.4 Å². The number of hydrogen-bond donors (Lipinski definition) is 2. The zero-order valence-corrected chi connectivity index (χ0v) is 13.7. The molecule has 1 saturated heterocycles. The summed E-state index contributed by atoms with van der Waals surface area (Å²) in [5.74, 6) is 0. The highest BCUT2D eigenvalue weighted by Gasteiger charge is 2.32. The highest BCUT2D eigenvalue weighted by molar-refractivity contribution is 7.16. The highest BCUT2D eigenvalue weighted by atomic mass is 35.5. The van der Waals surface area contributed by atoms with Crippen LogP contribution < -0.4 is 5.73 Å². The van der Waals surface area contributed by atoms with Crippen LogP contribution >= 0.6 is 22.9 Å². The van der Waals surface area contributed by atoms with Crippen LogP contribution in [0.3, 0.4) is 0 Å². The lowest BCUT2D eigenvalue weighted by Crippen LogP contribution is -2.47. The first-order valence-electron chi connectivity index (χ1n) is 7.54. The smallest absolute Gasteiger partial charge is 0.0931 e. The number of halogens is 1. The summed E-state index contributed by atoms with van der Waals surface area (Å²) in [4.78, 5) is 3.65. The van der Waals surface area contributed by atoms with Crippen molar-refractivity contribution in [1.82, 2.24) is 4.90 Å². The van der Waals surface area contributed by atoms with Crippen molar-refractivity contribution in [3.63, 3.8) is 0 Å². The number of thiophene rings is 1. The molecule has 0 saturated carbocycles. The van der Waals surface area contributed by atoms with E-state index in [0.717, 1.165) is 23.7 Å². The predicted octanol–water partition coefficient (Wildman–Crippen LogP) is 3.42. The molecular formula is C15H25ClN2OS. The Morgan fingerprint density at radius 3 is 2.85 bits per heavy atom. The molecule has 0 aromatic carbocycles. The molecule has 0 radical (unpaired) electrons. The molecule has 1 fully saturated rings. The second-order valence-corrected chi connectivity index (χ2v) is 7.33. The van der Waals surface area contributed by atoms with Gasteiger partial charge in [-0.3, -0.25) is 4.90 Å². The van der Waals surface area contributed by atoms with E-state index in [9.17, 15) is 5.11 Å². The summed E-state index contributed by atoms with van der Waals surface area (Å²) >= 11 is 7.72. The molecule has 20 heavy (non-hydrogen) atoms. The van der Waals surface area contributed by atoms with Gasteiger partial charge in [0.15, 0.2) is 0 Å². The maximum atomic E-state index is 9.74. The molecule has 0 amide bonds. The fraction of sp³-hybridized carbons (Fsp3) is 0.733. The van der Waals surface area contributed by atoms with Crippen LogP contribution in [-0.4, -0.2) is 35.2 Å². The van der Waals surface area contributed by atoms with E-state index in [4.69, 9.17) is 17.3 Å². The molecule has 1 aromatic rings. The minimum Gasteiger partial charge on any atom is -0.395 e. The van der Waals surface area contributed by atoms with E-state index in [1.54, 1.807) is 11.3 Å². The monoisotopic (exact) mass is 316 g/mol. The number of nitrogens with zero attached hydrogens (tertiary/aromatic N) is 1. The Hall–Kier alpha value is -0.130. The van der Waals surface area contributed by atoms with Crippen molar-refractivity contribution in [3.8, 4) is 0 Å².